The smallest absolute Gasteiger partial charge is 0.306 e. The van der Waals surface area contributed by atoms with Crippen LogP contribution in [0.3, 0.4) is 0 Å². The molecule has 4 aliphatic rings. The molecule has 1 aromatic heterocycles. The second kappa shape index (κ2) is 15.2. The molecule has 2 saturated carbocycles. The third kappa shape index (κ3) is 8.20. The second-order valence-electron chi connectivity index (χ2n) is 16.9. The average Bonchev–Trinajstić information content (AvgIpc) is 4.08. The lowest BCUT2D eigenvalue weighted by atomic mass is 9.77. The fourth-order valence-electron chi connectivity index (χ4n) is 8.29. The summed E-state index contributed by atoms with van der Waals surface area (Å²) in [5, 5.41) is 1.19. The van der Waals surface area contributed by atoms with Crippen molar-refractivity contribution in [1.29, 1.82) is 0 Å². The minimum absolute atomic E-state index is 0.0559. The molecular formula is C43H51N3O8S. The number of esters is 1. The van der Waals surface area contributed by atoms with Crippen molar-refractivity contribution in [2.75, 3.05) is 13.2 Å². The summed E-state index contributed by atoms with van der Waals surface area (Å²) in [6.45, 7) is 9.80. The van der Waals surface area contributed by atoms with Gasteiger partial charge in [0.1, 0.15) is 6.10 Å². The van der Waals surface area contributed by atoms with Gasteiger partial charge in [-0.25, -0.2) is 13.4 Å². The van der Waals surface area contributed by atoms with E-state index in [0.29, 0.717) is 25.1 Å². The van der Waals surface area contributed by atoms with E-state index in [1.54, 1.807) is 12.3 Å². The summed E-state index contributed by atoms with van der Waals surface area (Å²) in [4.78, 5) is 62.2. The van der Waals surface area contributed by atoms with Gasteiger partial charge in [-0.05, 0) is 90.5 Å². The molecule has 3 heterocycles. The highest BCUT2D eigenvalue weighted by Crippen LogP contribution is 2.57. The van der Waals surface area contributed by atoms with Crippen molar-refractivity contribution in [2.45, 2.75) is 102 Å². The summed E-state index contributed by atoms with van der Waals surface area (Å²) in [6, 6.07) is 15.4. The van der Waals surface area contributed by atoms with Gasteiger partial charge in [0.15, 0.2) is 5.78 Å². The zero-order valence-electron chi connectivity index (χ0n) is 31.9. The Hall–Kier alpha value is -4.58. The number of nitrogens with one attached hydrogen (secondary N) is 1. The number of pyridine rings is 1. The maximum Gasteiger partial charge on any atom is 0.306 e. The number of allylic oxidation sites excluding steroid dienone is 1. The Balaban J connectivity index is 1.25. The van der Waals surface area contributed by atoms with Gasteiger partial charge in [-0.1, -0.05) is 63.2 Å². The first kappa shape index (κ1) is 38.7. The summed E-state index contributed by atoms with van der Waals surface area (Å²) in [6.07, 6.45) is 6.84. The highest BCUT2D eigenvalue weighted by Gasteiger charge is 2.61. The summed E-state index contributed by atoms with van der Waals surface area (Å²) >= 11 is 0. The molecule has 2 aromatic carbocycles. The normalized spacial score (nSPS) is 26.4. The zero-order chi connectivity index (χ0) is 39.1. The van der Waals surface area contributed by atoms with Gasteiger partial charge in [0.25, 0.3) is 0 Å². The number of rotatable bonds is 8. The summed E-state index contributed by atoms with van der Waals surface area (Å²) in [7, 11) is -3.85. The summed E-state index contributed by atoms with van der Waals surface area (Å²) in [5.41, 5.74) is 1.27. The SMILES string of the molecule is C=C[C@@H]1C[C@]1(CC(=O)[C@@H]1C[C@@H]2CN1C(=O)[C@H](C(C)(C)C)CC(=O)OCCCCCc1cc(-c3ccccc3)c3ccnc(c3c1)O2)C(=O)NS(=O)(=O)C1CC1. The van der Waals surface area contributed by atoms with Crippen molar-refractivity contribution in [3.8, 4) is 17.0 Å². The lowest BCUT2D eigenvalue weighted by molar-refractivity contribution is -0.153. The molecule has 11 nitrogen and oxygen atoms in total. The molecule has 4 bridgehead atoms. The van der Waals surface area contributed by atoms with Crippen LogP contribution in [-0.4, -0.2) is 72.4 Å². The van der Waals surface area contributed by atoms with Gasteiger partial charge in [0.05, 0.1) is 42.2 Å². The summed E-state index contributed by atoms with van der Waals surface area (Å²) < 4.78 is 40.1. The Bertz CT molecular complexity index is 2110. The number of carbonyl (C=O) groups excluding carboxylic acids is 4. The Morgan fingerprint density at radius 1 is 1.05 bits per heavy atom. The fourth-order valence-corrected chi connectivity index (χ4v) is 9.68. The first-order valence-corrected chi connectivity index (χ1v) is 21.1. The van der Waals surface area contributed by atoms with E-state index in [1.807, 2.05) is 45.0 Å². The molecule has 0 unspecified atom stereocenters. The van der Waals surface area contributed by atoms with E-state index in [0.717, 1.165) is 46.7 Å². The van der Waals surface area contributed by atoms with Crippen LogP contribution in [0.5, 0.6) is 5.88 Å². The number of hydrogen-bond donors (Lipinski definition) is 1. The molecule has 3 aromatic rings. The van der Waals surface area contributed by atoms with Gasteiger partial charge in [0, 0.05) is 24.4 Å². The van der Waals surface area contributed by atoms with Gasteiger partial charge in [-0.15, -0.1) is 6.58 Å². The first-order chi connectivity index (χ1) is 26.2. The minimum atomic E-state index is -3.85. The number of carbonyl (C=O) groups is 4. The Kier molecular flexibility index (Phi) is 10.7. The largest absolute Gasteiger partial charge is 0.472 e. The van der Waals surface area contributed by atoms with Gasteiger partial charge >= 0.3 is 5.97 Å². The first-order valence-electron chi connectivity index (χ1n) is 19.5. The number of aromatic nitrogens is 1. The predicted molar refractivity (Wildman–Crippen MR) is 208 cm³/mol. The van der Waals surface area contributed by atoms with E-state index in [1.165, 1.54) is 4.90 Å². The van der Waals surface area contributed by atoms with Crippen LogP contribution in [0.25, 0.3) is 21.9 Å². The quantitative estimate of drug-likeness (QED) is 0.205. The van der Waals surface area contributed by atoms with E-state index in [4.69, 9.17) is 9.47 Å². The topological polar surface area (TPSA) is 149 Å². The van der Waals surface area contributed by atoms with Crippen LogP contribution < -0.4 is 9.46 Å². The number of aryl methyl sites for hydroxylation is 1. The number of hydrogen-bond acceptors (Lipinski definition) is 9. The summed E-state index contributed by atoms with van der Waals surface area (Å²) in [5.74, 6) is -2.73. The molecule has 2 aliphatic carbocycles. The number of ketones is 1. The van der Waals surface area contributed by atoms with Gasteiger partial charge in [-0.3, -0.25) is 23.9 Å². The number of benzene rings is 2. The van der Waals surface area contributed by atoms with E-state index in [-0.39, 0.29) is 50.5 Å². The molecule has 5 atom stereocenters. The van der Waals surface area contributed by atoms with E-state index in [9.17, 15) is 27.6 Å². The van der Waals surface area contributed by atoms with Gasteiger partial charge in [0.2, 0.25) is 27.7 Å². The molecule has 55 heavy (non-hydrogen) atoms. The zero-order valence-corrected chi connectivity index (χ0v) is 32.7. The monoisotopic (exact) mass is 769 g/mol. The van der Waals surface area contributed by atoms with E-state index < -0.39 is 62.0 Å². The fraction of sp³-hybridized carbons (Fsp3) is 0.512. The maximum atomic E-state index is 14.7. The molecule has 2 aliphatic heterocycles. The van der Waals surface area contributed by atoms with Crippen molar-refractivity contribution >= 4 is 44.4 Å². The number of cyclic esters (lactones) is 1. The highest BCUT2D eigenvalue weighted by atomic mass is 32.2. The van der Waals surface area contributed by atoms with Crippen LogP contribution in [0, 0.1) is 22.7 Å². The van der Waals surface area contributed by atoms with Crippen molar-refractivity contribution in [3.05, 3.63) is 72.9 Å². The number of amides is 2. The Labute approximate surface area is 323 Å². The highest BCUT2D eigenvalue weighted by molar-refractivity contribution is 7.90. The molecule has 7 rings (SSSR count). The maximum absolute atomic E-state index is 14.7. The number of ether oxygens (including phenoxy) is 2. The van der Waals surface area contributed by atoms with Gasteiger partial charge < -0.3 is 14.4 Å². The van der Waals surface area contributed by atoms with Crippen molar-refractivity contribution < 1.29 is 37.1 Å². The van der Waals surface area contributed by atoms with Crippen molar-refractivity contribution in [3.63, 3.8) is 0 Å². The molecule has 12 heteroatoms. The van der Waals surface area contributed by atoms with E-state index in [2.05, 4.69) is 40.6 Å². The van der Waals surface area contributed by atoms with E-state index >= 15 is 0 Å². The minimum Gasteiger partial charge on any atom is -0.472 e. The molecule has 0 spiro atoms. The molecule has 3 fully saturated rings. The number of nitrogens with zero attached hydrogens (tertiary/aromatic N) is 2. The van der Waals surface area contributed by atoms with Crippen LogP contribution >= 0.6 is 0 Å². The lowest BCUT2D eigenvalue weighted by Crippen LogP contribution is -2.48. The van der Waals surface area contributed by atoms with Crippen molar-refractivity contribution in [1.82, 2.24) is 14.6 Å². The second-order valence-corrected chi connectivity index (χ2v) is 18.8. The standard InChI is InChI=1S/C43H51N3O8S/c1-5-29-24-43(29,41(50)45-55(51,52)31-15-16-31)25-37(47)36-22-30-26-46(36)40(49)35(42(2,3)4)23-38(48)53-19-11-7-8-12-27-20-33(28-13-9-6-10-14-28)32-17-18-44-39(54-30)34(32)21-27/h5-6,9-10,13-14,17-18,20-21,29-31,35-36H,1,7-8,11-12,15-16,19,22-26H2,2-4H3,(H,45,50)/t29-,30-,35-,36+,43-/m1/s1. The van der Waals surface area contributed by atoms with Crippen LogP contribution in [0.4, 0.5) is 0 Å². The average molecular weight is 770 g/mol. The predicted octanol–water partition coefficient (Wildman–Crippen LogP) is 6.33. The van der Waals surface area contributed by atoms with Crippen LogP contribution in [-0.2, 0) is 40.4 Å². The number of sulfonamides is 1. The third-order valence-corrected chi connectivity index (χ3v) is 13.6. The molecule has 2 amide bonds. The third-order valence-electron chi connectivity index (χ3n) is 11.8. The number of Topliss-reactive ketones (excluding diaryl/α,β-unsaturated/α-hetero) is 1. The number of fused-ring (bicyclic) bond motifs is 3. The van der Waals surface area contributed by atoms with Crippen LogP contribution in [0.15, 0.2) is 67.4 Å². The van der Waals surface area contributed by atoms with Crippen LogP contribution in [0.2, 0.25) is 0 Å². The molecule has 0 radical (unpaired) electrons. The molecule has 1 saturated heterocycles. The van der Waals surface area contributed by atoms with Crippen LogP contribution in [0.1, 0.15) is 84.1 Å². The van der Waals surface area contributed by atoms with Gasteiger partial charge in [-0.2, -0.15) is 0 Å². The lowest BCUT2D eigenvalue weighted by Gasteiger charge is -2.34. The Morgan fingerprint density at radius 3 is 2.51 bits per heavy atom. The molecule has 292 valence electrons. The molecular weight excluding hydrogens is 719 g/mol. The Morgan fingerprint density at radius 2 is 1.82 bits per heavy atom. The molecule has 1 N–H and O–H groups in total. The van der Waals surface area contributed by atoms with Crippen molar-refractivity contribution in [2.24, 2.45) is 22.7 Å².